The Morgan fingerprint density at radius 3 is 2.54 bits per heavy atom. The number of anilines is 1. The Hall–Kier alpha value is -2.63. The summed E-state index contributed by atoms with van der Waals surface area (Å²) < 4.78 is 1.88. The molecule has 0 bridgehead atoms. The molecule has 1 aromatic heterocycles. The average Bonchev–Trinajstić information content (AvgIpc) is 2.94. The van der Waals surface area contributed by atoms with Crippen molar-refractivity contribution in [1.29, 1.82) is 0 Å². The monoisotopic (exact) mass is 328 g/mol. The second-order valence-electron chi connectivity index (χ2n) is 5.86. The van der Waals surface area contributed by atoms with E-state index in [4.69, 9.17) is 0 Å². The van der Waals surface area contributed by atoms with Crippen molar-refractivity contribution in [3.63, 3.8) is 0 Å². The molecule has 6 heteroatoms. The van der Waals surface area contributed by atoms with E-state index in [9.17, 15) is 9.59 Å². The largest absolute Gasteiger partial charge is 0.337 e. The van der Waals surface area contributed by atoms with E-state index >= 15 is 0 Å². The first-order valence-corrected chi connectivity index (χ1v) is 8.10. The topological polar surface area (TPSA) is 67.2 Å². The van der Waals surface area contributed by atoms with Gasteiger partial charge in [0.05, 0.1) is 6.54 Å². The molecular formula is C18H24N4O2. The average molecular weight is 328 g/mol. The van der Waals surface area contributed by atoms with Crippen LogP contribution in [0.3, 0.4) is 0 Å². The molecule has 2 aromatic rings. The Balaban J connectivity index is 1.95. The van der Waals surface area contributed by atoms with Crippen molar-refractivity contribution < 1.29 is 9.59 Å². The van der Waals surface area contributed by atoms with E-state index in [-0.39, 0.29) is 18.2 Å². The maximum atomic E-state index is 12.5. The van der Waals surface area contributed by atoms with Gasteiger partial charge >= 0.3 is 0 Å². The van der Waals surface area contributed by atoms with Crippen LogP contribution in [-0.2, 0) is 23.2 Å². The van der Waals surface area contributed by atoms with Crippen LogP contribution in [0.4, 0.5) is 5.69 Å². The Morgan fingerprint density at radius 1 is 1.25 bits per heavy atom. The van der Waals surface area contributed by atoms with E-state index in [0.29, 0.717) is 18.8 Å². The van der Waals surface area contributed by atoms with Gasteiger partial charge in [0.2, 0.25) is 11.8 Å². The first-order chi connectivity index (χ1) is 11.5. The molecule has 0 unspecified atom stereocenters. The summed E-state index contributed by atoms with van der Waals surface area (Å²) in [6.07, 6.45) is 4.20. The molecule has 24 heavy (non-hydrogen) atoms. The van der Waals surface area contributed by atoms with Crippen LogP contribution in [0.25, 0.3) is 0 Å². The lowest BCUT2D eigenvalue weighted by Gasteiger charge is -2.21. The van der Waals surface area contributed by atoms with Crippen LogP contribution < -0.4 is 5.32 Å². The van der Waals surface area contributed by atoms with Crippen molar-refractivity contribution in [2.75, 3.05) is 11.9 Å². The van der Waals surface area contributed by atoms with E-state index in [0.717, 1.165) is 17.8 Å². The predicted molar refractivity (Wildman–Crippen MR) is 93.3 cm³/mol. The summed E-state index contributed by atoms with van der Waals surface area (Å²) in [7, 11) is 1.89. The van der Waals surface area contributed by atoms with Crippen LogP contribution in [0.2, 0.25) is 0 Å². The van der Waals surface area contributed by atoms with Crippen LogP contribution in [0.15, 0.2) is 36.7 Å². The number of aromatic nitrogens is 2. The second-order valence-corrected chi connectivity index (χ2v) is 5.86. The van der Waals surface area contributed by atoms with E-state index < -0.39 is 0 Å². The summed E-state index contributed by atoms with van der Waals surface area (Å²) in [4.78, 5) is 30.5. The van der Waals surface area contributed by atoms with Gasteiger partial charge in [0.1, 0.15) is 12.2 Å². The molecular weight excluding hydrogens is 304 g/mol. The number of carbonyl (C=O) groups is 2. The smallest absolute Gasteiger partial charge is 0.233 e. The first-order valence-electron chi connectivity index (χ1n) is 8.10. The molecule has 0 radical (unpaired) electrons. The molecule has 0 fully saturated rings. The maximum absolute atomic E-state index is 12.5. The first kappa shape index (κ1) is 17.7. The van der Waals surface area contributed by atoms with Crippen molar-refractivity contribution >= 4 is 17.5 Å². The third-order valence-electron chi connectivity index (χ3n) is 3.75. The molecule has 1 heterocycles. The molecule has 0 aliphatic carbocycles. The van der Waals surface area contributed by atoms with Crippen LogP contribution >= 0.6 is 0 Å². The third kappa shape index (κ3) is 4.94. The minimum absolute atomic E-state index is 0.168. The quantitative estimate of drug-likeness (QED) is 0.794. The normalized spacial score (nSPS) is 10.5. The fourth-order valence-electron chi connectivity index (χ4n) is 2.37. The van der Waals surface area contributed by atoms with E-state index in [1.54, 1.807) is 11.1 Å². The van der Waals surface area contributed by atoms with Gasteiger partial charge in [-0.05, 0) is 25.5 Å². The molecule has 0 aliphatic heterocycles. The second kappa shape index (κ2) is 8.29. The number of imidazole rings is 1. The standard InChI is InChI=1S/C18H24N4O2/c1-4-10-22(13-16-19-9-11-21(16)3)18(24)12-17(23)20-15-7-5-14(2)6-8-15/h5-9,11H,4,10,12-13H2,1-3H3,(H,20,23). The highest BCUT2D eigenvalue weighted by molar-refractivity contribution is 6.03. The Kier molecular flexibility index (Phi) is 6.12. The lowest BCUT2D eigenvalue weighted by atomic mass is 10.2. The lowest BCUT2D eigenvalue weighted by Crippen LogP contribution is -2.34. The van der Waals surface area contributed by atoms with Crippen LogP contribution in [0.1, 0.15) is 31.2 Å². The Morgan fingerprint density at radius 2 is 1.96 bits per heavy atom. The summed E-state index contributed by atoms with van der Waals surface area (Å²) in [6, 6.07) is 7.49. The van der Waals surface area contributed by atoms with E-state index in [2.05, 4.69) is 10.3 Å². The van der Waals surface area contributed by atoms with E-state index in [1.165, 1.54) is 0 Å². The van der Waals surface area contributed by atoms with Gasteiger partial charge in [-0.15, -0.1) is 0 Å². The Bertz CT molecular complexity index is 691. The highest BCUT2D eigenvalue weighted by Crippen LogP contribution is 2.10. The summed E-state index contributed by atoms with van der Waals surface area (Å²) in [5, 5.41) is 2.76. The highest BCUT2D eigenvalue weighted by atomic mass is 16.2. The molecule has 0 atom stereocenters. The molecule has 0 saturated heterocycles. The van der Waals surface area contributed by atoms with E-state index in [1.807, 2.05) is 55.9 Å². The van der Waals surface area contributed by atoms with Gasteiger partial charge in [-0.2, -0.15) is 0 Å². The summed E-state index contributed by atoms with van der Waals surface area (Å²) in [5.41, 5.74) is 1.82. The van der Waals surface area contributed by atoms with Crippen LogP contribution in [0, 0.1) is 6.92 Å². The van der Waals surface area contributed by atoms with Crippen molar-refractivity contribution in [2.24, 2.45) is 7.05 Å². The summed E-state index contributed by atoms with van der Waals surface area (Å²) >= 11 is 0. The fourth-order valence-corrected chi connectivity index (χ4v) is 2.37. The van der Waals surface area contributed by atoms with Crippen LogP contribution in [-0.4, -0.2) is 32.8 Å². The molecule has 6 nitrogen and oxygen atoms in total. The van der Waals surface area contributed by atoms with Crippen molar-refractivity contribution in [2.45, 2.75) is 33.2 Å². The molecule has 128 valence electrons. The minimum atomic E-state index is -0.301. The van der Waals surface area contributed by atoms with Crippen molar-refractivity contribution in [1.82, 2.24) is 14.5 Å². The predicted octanol–water partition coefficient (Wildman–Crippen LogP) is 2.50. The van der Waals surface area contributed by atoms with Gasteiger partial charge in [0.25, 0.3) is 0 Å². The number of nitrogens with zero attached hydrogens (tertiary/aromatic N) is 3. The molecule has 1 aromatic carbocycles. The number of carbonyl (C=O) groups excluding carboxylic acids is 2. The molecule has 2 rings (SSSR count). The molecule has 1 N–H and O–H groups in total. The number of hydrogen-bond acceptors (Lipinski definition) is 3. The van der Waals surface area contributed by atoms with Crippen molar-refractivity contribution in [3.05, 3.63) is 48.0 Å². The van der Waals surface area contributed by atoms with Gasteiger partial charge in [-0.3, -0.25) is 9.59 Å². The van der Waals surface area contributed by atoms with Gasteiger partial charge in [0.15, 0.2) is 0 Å². The summed E-state index contributed by atoms with van der Waals surface area (Å²) in [6.45, 7) is 5.00. The zero-order valence-electron chi connectivity index (χ0n) is 14.5. The zero-order valence-corrected chi connectivity index (χ0v) is 14.5. The molecule has 0 aliphatic rings. The summed E-state index contributed by atoms with van der Waals surface area (Å²) in [5.74, 6) is 0.310. The number of aryl methyl sites for hydroxylation is 2. The van der Waals surface area contributed by atoms with Crippen molar-refractivity contribution in [3.8, 4) is 0 Å². The number of nitrogens with one attached hydrogen (secondary N) is 1. The third-order valence-corrected chi connectivity index (χ3v) is 3.75. The minimum Gasteiger partial charge on any atom is -0.337 e. The molecule has 0 saturated carbocycles. The fraction of sp³-hybridized carbons (Fsp3) is 0.389. The Labute approximate surface area is 142 Å². The molecule has 0 spiro atoms. The number of benzene rings is 1. The maximum Gasteiger partial charge on any atom is 0.233 e. The SMILES string of the molecule is CCCN(Cc1nccn1C)C(=O)CC(=O)Nc1ccc(C)cc1. The number of amides is 2. The number of rotatable bonds is 7. The van der Waals surface area contributed by atoms with Gasteiger partial charge in [-0.1, -0.05) is 24.6 Å². The lowest BCUT2D eigenvalue weighted by molar-refractivity contribution is -0.135. The highest BCUT2D eigenvalue weighted by Gasteiger charge is 2.18. The van der Waals surface area contributed by atoms with Gasteiger partial charge in [0, 0.05) is 31.7 Å². The number of hydrogen-bond donors (Lipinski definition) is 1. The zero-order chi connectivity index (χ0) is 17.5. The van der Waals surface area contributed by atoms with Crippen LogP contribution in [0.5, 0.6) is 0 Å². The van der Waals surface area contributed by atoms with Gasteiger partial charge < -0.3 is 14.8 Å². The van der Waals surface area contributed by atoms with Gasteiger partial charge in [-0.25, -0.2) is 4.98 Å². The molecule has 2 amide bonds.